The smallest absolute Gasteiger partial charge is 0.234 e. The Balaban J connectivity index is 2.05. The van der Waals surface area contributed by atoms with Crippen molar-refractivity contribution in [3.8, 4) is 0 Å². The Kier molecular flexibility index (Phi) is 3.41. The van der Waals surface area contributed by atoms with Crippen molar-refractivity contribution in [3.63, 3.8) is 0 Å². The van der Waals surface area contributed by atoms with E-state index in [9.17, 15) is 9.18 Å². The SMILES string of the molecule is O=C1CN(Cc2ccc(F)cc2Cl)CCN1. The second kappa shape index (κ2) is 4.80. The van der Waals surface area contributed by atoms with Crippen LogP contribution in [0.4, 0.5) is 4.39 Å². The van der Waals surface area contributed by atoms with Crippen LogP contribution in [0.5, 0.6) is 0 Å². The van der Waals surface area contributed by atoms with Crippen LogP contribution in [0.3, 0.4) is 0 Å². The number of rotatable bonds is 2. The molecule has 1 aromatic rings. The molecule has 1 saturated heterocycles. The molecule has 0 spiro atoms. The van der Waals surface area contributed by atoms with Crippen LogP contribution in [0.1, 0.15) is 5.56 Å². The summed E-state index contributed by atoms with van der Waals surface area (Å²) in [6.07, 6.45) is 0. The minimum absolute atomic E-state index is 0.0180. The Hall–Kier alpha value is -1.13. The predicted molar refractivity (Wildman–Crippen MR) is 59.7 cm³/mol. The lowest BCUT2D eigenvalue weighted by Crippen LogP contribution is -2.47. The number of nitrogens with zero attached hydrogens (tertiary/aromatic N) is 1. The summed E-state index contributed by atoms with van der Waals surface area (Å²) in [5.41, 5.74) is 0.845. The molecular weight excluding hydrogens is 231 g/mol. The molecule has 5 heteroatoms. The molecule has 1 N–H and O–H groups in total. The van der Waals surface area contributed by atoms with Gasteiger partial charge in [0.15, 0.2) is 0 Å². The van der Waals surface area contributed by atoms with Crippen molar-refractivity contribution in [2.24, 2.45) is 0 Å². The molecule has 0 aromatic heterocycles. The maximum absolute atomic E-state index is 12.8. The first-order valence-electron chi connectivity index (χ1n) is 5.08. The van der Waals surface area contributed by atoms with Gasteiger partial charge in [0, 0.05) is 24.7 Å². The van der Waals surface area contributed by atoms with Crippen LogP contribution in [-0.2, 0) is 11.3 Å². The van der Waals surface area contributed by atoms with Crippen molar-refractivity contribution < 1.29 is 9.18 Å². The molecule has 0 bridgehead atoms. The molecule has 1 amide bonds. The van der Waals surface area contributed by atoms with Crippen LogP contribution in [0.2, 0.25) is 5.02 Å². The largest absolute Gasteiger partial charge is 0.354 e. The van der Waals surface area contributed by atoms with Crippen molar-refractivity contribution in [2.45, 2.75) is 6.54 Å². The molecule has 2 rings (SSSR count). The van der Waals surface area contributed by atoms with Crippen molar-refractivity contribution in [1.82, 2.24) is 10.2 Å². The maximum atomic E-state index is 12.8. The first-order valence-corrected chi connectivity index (χ1v) is 5.46. The number of amides is 1. The molecule has 3 nitrogen and oxygen atoms in total. The van der Waals surface area contributed by atoms with E-state index in [1.165, 1.54) is 12.1 Å². The summed E-state index contributed by atoms with van der Waals surface area (Å²) < 4.78 is 12.8. The normalized spacial score (nSPS) is 17.2. The zero-order valence-corrected chi connectivity index (χ0v) is 9.43. The van der Waals surface area contributed by atoms with E-state index in [1.807, 2.05) is 4.90 Å². The van der Waals surface area contributed by atoms with Gasteiger partial charge in [0.1, 0.15) is 5.82 Å². The highest BCUT2D eigenvalue weighted by Gasteiger charge is 2.16. The average molecular weight is 243 g/mol. The van der Waals surface area contributed by atoms with Crippen LogP contribution in [0, 0.1) is 5.82 Å². The van der Waals surface area contributed by atoms with Gasteiger partial charge in [0.2, 0.25) is 5.91 Å². The second-order valence-corrected chi connectivity index (χ2v) is 4.20. The van der Waals surface area contributed by atoms with Gasteiger partial charge in [0.25, 0.3) is 0 Å². The predicted octanol–water partition coefficient (Wildman–Crippen LogP) is 1.41. The highest BCUT2D eigenvalue weighted by Crippen LogP contribution is 2.19. The highest BCUT2D eigenvalue weighted by molar-refractivity contribution is 6.31. The summed E-state index contributed by atoms with van der Waals surface area (Å²) in [4.78, 5) is 13.1. The molecule has 0 aliphatic carbocycles. The van der Waals surface area contributed by atoms with Gasteiger partial charge in [0.05, 0.1) is 6.54 Å². The van der Waals surface area contributed by atoms with E-state index in [2.05, 4.69) is 5.32 Å². The molecule has 1 aromatic carbocycles. The summed E-state index contributed by atoms with van der Waals surface area (Å²) in [5, 5.41) is 3.16. The zero-order chi connectivity index (χ0) is 11.5. The molecule has 1 aliphatic heterocycles. The van der Waals surface area contributed by atoms with Gasteiger partial charge >= 0.3 is 0 Å². The first-order chi connectivity index (χ1) is 7.65. The fraction of sp³-hybridized carbons (Fsp3) is 0.364. The van der Waals surface area contributed by atoms with Crippen LogP contribution in [-0.4, -0.2) is 30.4 Å². The second-order valence-electron chi connectivity index (χ2n) is 3.80. The van der Waals surface area contributed by atoms with Gasteiger partial charge in [-0.25, -0.2) is 4.39 Å². The monoisotopic (exact) mass is 242 g/mol. The standard InChI is InChI=1S/C11H12ClFN2O/c12-10-5-9(13)2-1-8(10)6-15-4-3-14-11(16)7-15/h1-2,5H,3-4,6-7H2,(H,14,16). The molecule has 1 heterocycles. The van der Waals surface area contributed by atoms with Crippen molar-refractivity contribution in [3.05, 3.63) is 34.6 Å². The third-order valence-corrected chi connectivity index (χ3v) is 2.88. The summed E-state index contributed by atoms with van der Waals surface area (Å²) in [6, 6.07) is 4.33. The Morgan fingerprint density at radius 2 is 2.31 bits per heavy atom. The van der Waals surface area contributed by atoms with E-state index < -0.39 is 0 Å². The molecule has 16 heavy (non-hydrogen) atoms. The lowest BCUT2D eigenvalue weighted by atomic mass is 10.2. The first kappa shape index (κ1) is 11.4. The molecule has 0 radical (unpaired) electrons. The number of halogens is 2. The van der Waals surface area contributed by atoms with E-state index in [0.717, 1.165) is 12.1 Å². The number of piperazine rings is 1. The van der Waals surface area contributed by atoms with Gasteiger partial charge < -0.3 is 5.32 Å². The average Bonchev–Trinajstić information content (AvgIpc) is 2.22. The van der Waals surface area contributed by atoms with Gasteiger partial charge in [-0.3, -0.25) is 9.69 Å². The Bertz CT molecular complexity index is 411. The van der Waals surface area contributed by atoms with Gasteiger partial charge in [-0.1, -0.05) is 17.7 Å². The lowest BCUT2D eigenvalue weighted by Gasteiger charge is -2.26. The van der Waals surface area contributed by atoms with Gasteiger partial charge in [-0.05, 0) is 17.7 Å². The number of nitrogens with one attached hydrogen (secondary N) is 1. The van der Waals surface area contributed by atoms with E-state index in [4.69, 9.17) is 11.6 Å². The molecule has 0 saturated carbocycles. The quantitative estimate of drug-likeness (QED) is 0.851. The van der Waals surface area contributed by atoms with Crippen LogP contribution in [0.25, 0.3) is 0 Å². The van der Waals surface area contributed by atoms with Crippen molar-refractivity contribution in [2.75, 3.05) is 19.6 Å². The fourth-order valence-corrected chi connectivity index (χ4v) is 1.94. The fourth-order valence-electron chi connectivity index (χ4n) is 1.72. The number of carbonyl (C=O) groups excluding carboxylic acids is 1. The summed E-state index contributed by atoms with van der Waals surface area (Å²) in [5.74, 6) is -0.324. The minimum atomic E-state index is -0.342. The Morgan fingerprint density at radius 1 is 1.50 bits per heavy atom. The molecule has 0 atom stereocenters. The minimum Gasteiger partial charge on any atom is -0.354 e. The number of carbonyl (C=O) groups is 1. The third kappa shape index (κ3) is 2.71. The lowest BCUT2D eigenvalue weighted by molar-refractivity contribution is -0.124. The Labute approximate surface area is 98.2 Å². The van der Waals surface area contributed by atoms with Gasteiger partial charge in [-0.15, -0.1) is 0 Å². The van der Waals surface area contributed by atoms with E-state index in [1.54, 1.807) is 6.07 Å². The van der Waals surface area contributed by atoms with Crippen molar-refractivity contribution >= 4 is 17.5 Å². The topological polar surface area (TPSA) is 32.3 Å². The van der Waals surface area contributed by atoms with Crippen molar-refractivity contribution in [1.29, 1.82) is 0 Å². The molecule has 1 aliphatic rings. The van der Waals surface area contributed by atoms with Crippen LogP contribution < -0.4 is 5.32 Å². The molecular formula is C11H12ClFN2O. The third-order valence-electron chi connectivity index (χ3n) is 2.53. The number of hydrogen-bond donors (Lipinski definition) is 1. The van der Waals surface area contributed by atoms with E-state index in [0.29, 0.717) is 24.7 Å². The Morgan fingerprint density at radius 3 is 3.00 bits per heavy atom. The zero-order valence-electron chi connectivity index (χ0n) is 8.67. The van der Waals surface area contributed by atoms with Crippen LogP contribution in [0.15, 0.2) is 18.2 Å². The molecule has 1 fully saturated rings. The van der Waals surface area contributed by atoms with Gasteiger partial charge in [-0.2, -0.15) is 0 Å². The summed E-state index contributed by atoms with van der Waals surface area (Å²) in [6.45, 7) is 2.39. The maximum Gasteiger partial charge on any atom is 0.234 e. The molecule has 0 unspecified atom stereocenters. The molecule has 86 valence electrons. The summed E-state index contributed by atoms with van der Waals surface area (Å²) >= 11 is 5.92. The number of hydrogen-bond acceptors (Lipinski definition) is 2. The number of benzene rings is 1. The van der Waals surface area contributed by atoms with Crippen LogP contribution >= 0.6 is 11.6 Å². The summed E-state index contributed by atoms with van der Waals surface area (Å²) in [7, 11) is 0. The highest BCUT2D eigenvalue weighted by atomic mass is 35.5. The van der Waals surface area contributed by atoms with E-state index in [-0.39, 0.29) is 11.7 Å². The van der Waals surface area contributed by atoms with E-state index >= 15 is 0 Å².